The van der Waals surface area contributed by atoms with Gasteiger partial charge in [0.15, 0.2) is 6.10 Å². The van der Waals surface area contributed by atoms with Gasteiger partial charge in [-0.05, 0) is 31.2 Å². The Balaban J connectivity index is 2.07. The van der Waals surface area contributed by atoms with Crippen LogP contribution in [0.15, 0.2) is 42.7 Å². The monoisotopic (exact) mass is 291 g/mol. The van der Waals surface area contributed by atoms with Crippen LogP contribution in [0.4, 0.5) is 0 Å². The number of carbonyl (C=O) groups is 1. The van der Waals surface area contributed by atoms with Crippen LogP contribution in [-0.2, 0) is 0 Å². The molecule has 0 spiro atoms. The van der Waals surface area contributed by atoms with Crippen molar-refractivity contribution in [1.82, 2.24) is 4.98 Å². The van der Waals surface area contributed by atoms with E-state index >= 15 is 0 Å². The fraction of sp³-hybridized carbons (Fsp3) is 0.200. The summed E-state index contributed by atoms with van der Waals surface area (Å²) in [4.78, 5) is 16.1. The van der Waals surface area contributed by atoms with Crippen molar-refractivity contribution in [2.45, 2.75) is 13.0 Å². The Bertz CT molecular complexity index is 598. The smallest absolute Gasteiger partial charge is 0.202 e. The Hall–Kier alpha value is -2.07. The van der Waals surface area contributed by atoms with Gasteiger partial charge in [0.2, 0.25) is 5.78 Å². The Labute approximate surface area is 122 Å². The maximum absolute atomic E-state index is 12.2. The molecule has 1 atom stereocenters. The average Bonchev–Trinajstić information content (AvgIpc) is 2.46. The zero-order valence-electron chi connectivity index (χ0n) is 11.2. The molecule has 1 heterocycles. The molecule has 0 amide bonds. The third-order valence-corrected chi connectivity index (χ3v) is 2.94. The summed E-state index contributed by atoms with van der Waals surface area (Å²) in [5, 5.41) is 0.464. The van der Waals surface area contributed by atoms with Crippen LogP contribution < -0.4 is 9.47 Å². The molecule has 0 radical (unpaired) electrons. The number of pyridine rings is 1. The molecule has 0 aliphatic rings. The molecule has 0 fully saturated rings. The molecule has 20 heavy (non-hydrogen) atoms. The highest BCUT2D eigenvalue weighted by molar-refractivity contribution is 6.30. The third kappa shape index (κ3) is 3.48. The number of hydrogen-bond donors (Lipinski definition) is 0. The molecule has 104 valence electrons. The SMILES string of the molecule is COc1ccc(C(=O)C(C)Oc2cncc(Cl)c2)cc1. The van der Waals surface area contributed by atoms with Gasteiger partial charge in [-0.25, -0.2) is 0 Å². The first kappa shape index (κ1) is 14.3. The Morgan fingerprint density at radius 2 is 1.90 bits per heavy atom. The van der Waals surface area contributed by atoms with Gasteiger partial charge in [-0.2, -0.15) is 0 Å². The molecule has 0 N–H and O–H groups in total. The number of ether oxygens (including phenoxy) is 2. The molecule has 1 unspecified atom stereocenters. The van der Waals surface area contributed by atoms with Crippen LogP contribution in [0, 0.1) is 0 Å². The van der Waals surface area contributed by atoms with E-state index in [9.17, 15) is 4.79 Å². The number of halogens is 1. The zero-order valence-corrected chi connectivity index (χ0v) is 11.9. The molecule has 1 aromatic heterocycles. The van der Waals surface area contributed by atoms with E-state index in [1.165, 1.54) is 12.4 Å². The fourth-order valence-electron chi connectivity index (χ4n) is 1.70. The molecular formula is C15H14ClNO3. The maximum atomic E-state index is 12.2. The molecule has 0 bridgehead atoms. The van der Waals surface area contributed by atoms with E-state index in [1.54, 1.807) is 44.4 Å². The van der Waals surface area contributed by atoms with Crippen LogP contribution >= 0.6 is 11.6 Å². The zero-order chi connectivity index (χ0) is 14.5. The first-order chi connectivity index (χ1) is 9.60. The molecule has 1 aromatic carbocycles. The number of benzene rings is 1. The van der Waals surface area contributed by atoms with Gasteiger partial charge in [0.05, 0.1) is 18.3 Å². The highest BCUT2D eigenvalue weighted by Crippen LogP contribution is 2.18. The van der Waals surface area contributed by atoms with E-state index in [0.29, 0.717) is 22.1 Å². The van der Waals surface area contributed by atoms with Gasteiger partial charge < -0.3 is 9.47 Å². The molecule has 2 aromatic rings. The standard InChI is InChI=1S/C15H14ClNO3/c1-10(20-14-7-12(16)8-17-9-14)15(18)11-3-5-13(19-2)6-4-11/h3-10H,1-2H3. The van der Waals surface area contributed by atoms with E-state index in [1.807, 2.05) is 0 Å². The second-order valence-electron chi connectivity index (χ2n) is 4.19. The lowest BCUT2D eigenvalue weighted by atomic mass is 10.1. The van der Waals surface area contributed by atoms with Gasteiger partial charge in [0, 0.05) is 17.8 Å². The third-order valence-electron chi connectivity index (χ3n) is 2.74. The van der Waals surface area contributed by atoms with Crippen molar-refractivity contribution in [3.05, 3.63) is 53.3 Å². The molecule has 0 aliphatic carbocycles. The number of rotatable bonds is 5. The quantitative estimate of drug-likeness (QED) is 0.792. The summed E-state index contributed by atoms with van der Waals surface area (Å²) < 4.78 is 10.6. The van der Waals surface area contributed by atoms with E-state index < -0.39 is 6.10 Å². The number of carbonyl (C=O) groups excluding carboxylic acids is 1. The Morgan fingerprint density at radius 1 is 1.20 bits per heavy atom. The largest absolute Gasteiger partial charge is 0.497 e. The summed E-state index contributed by atoms with van der Waals surface area (Å²) in [7, 11) is 1.58. The van der Waals surface area contributed by atoms with Crippen LogP contribution in [-0.4, -0.2) is 24.0 Å². The number of methoxy groups -OCH3 is 1. The molecule has 5 heteroatoms. The van der Waals surface area contributed by atoms with Crippen LogP contribution in [0.1, 0.15) is 17.3 Å². The van der Waals surface area contributed by atoms with Crippen molar-refractivity contribution in [1.29, 1.82) is 0 Å². The van der Waals surface area contributed by atoms with E-state index in [4.69, 9.17) is 21.1 Å². The van der Waals surface area contributed by atoms with Crippen LogP contribution in [0.3, 0.4) is 0 Å². The molecule has 4 nitrogen and oxygen atoms in total. The van der Waals surface area contributed by atoms with Crippen molar-refractivity contribution in [3.8, 4) is 11.5 Å². The van der Waals surface area contributed by atoms with Crippen LogP contribution in [0.25, 0.3) is 0 Å². The Morgan fingerprint density at radius 3 is 2.50 bits per heavy atom. The van der Waals surface area contributed by atoms with Gasteiger partial charge >= 0.3 is 0 Å². The van der Waals surface area contributed by atoms with Gasteiger partial charge in [0.1, 0.15) is 11.5 Å². The summed E-state index contributed by atoms with van der Waals surface area (Å²) in [5.74, 6) is 1.05. The van der Waals surface area contributed by atoms with Crippen LogP contribution in [0.5, 0.6) is 11.5 Å². The molecule has 2 rings (SSSR count). The van der Waals surface area contributed by atoms with Gasteiger partial charge in [-0.1, -0.05) is 11.6 Å². The summed E-state index contributed by atoms with van der Waals surface area (Å²) in [6.45, 7) is 1.69. The van der Waals surface area contributed by atoms with Crippen LogP contribution in [0.2, 0.25) is 5.02 Å². The summed E-state index contributed by atoms with van der Waals surface area (Å²) >= 11 is 5.82. The van der Waals surface area contributed by atoms with Crippen molar-refractivity contribution in [2.24, 2.45) is 0 Å². The lowest BCUT2D eigenvalue weighted by molar-refractivity contribution is 0.0817. The fourth-order valence-corrected chi connectivity index (χ4v) is 1.87. The minimum absolute atomic E-state index is 0.118. The van der Waals surface area contributed by atoms with Gasteiger partial charge in [-0.3, -0.25) is 9.78 Å². The van der Waals surface area contributed by atoms with E-state index in [0.717, 1.165) is 0 Å². The van der Waals surface area contributed by atoms with Crippen molar-refractivity contribution in [3.63, 3.8) is 0 Å². The summed E-state index contributed by atoms with van der Waals surface area (Å²) in [5.41, 5.74) is 0.563. The number of nitrogens with zero attached hydrogens (tertiary/aromatic N) is 1. The maximum Gasteiger partial charge on any atom is 0.202 e. The predicted octanol–water partition coefficient (Wildman–Crippen LogP) is 3.39. The second kappa shape index (κ2) is 6.39. The van der Waals surface area contributed by atoms with E-state index in [2.05, 4.69) is 4.98 Å². The molecule has 0 saturated carbocycles. The number of aromatic nitrogens is 1. The van der Waals surface area contributed by atoms with Crippen molar-refractivity contribution < 1.29 is 14.3 Å². The van der Waals surface area contributed by atoms with E-state index in [-0.39, 0.29) is 5.78 Å². The lowest BCUT2D eigenvalue weighted by Gasteiger charge is -2.13. The highest BCUT2D eigenvalue weighted by atomic mass is 35.5. The van der Waals surface area contributed by atoms with Gasteiger partial charge in [0.25, 0.3) is 0 Å². The van der Waals surface area contributed by atoms with Crippen molar-refractivity contribution in [2.75, 3.05) is 7.11 Å². The Kier molecular flexibility index (Phi) is 4.58. The summed E-state index contributed by atoms with van der Waals surface area (Å²) in [6, 6.07) is 8.50. The molecule has 0 saturated heterocycles. The minimum atomic E-state index is -0.622. The summed E-state index contributed by atoms with van der Waals surface area (Å²) in [6.07, 6.45) is 2.40. The second-order valence-corrected chi connectivity index (χ2v) is 4.63. The number of Topliss-reactive ketones (excluding diaryl/α,β-unsaturated/α-hetero) is 1. The van der Waals surface area contributed by atoms with Crippen molar-refractivity contribution >= 4 is 17.4 Å². The van der Waals surface area contributed by atoms with Gasteiger partial charge in [-0.15, -0.1) is 0 Å². The topological polar surface area (TPSA) is 48.4 Å². The number of hydrogen-bond acceptors (Lipinski definition) is 4. The first-order valence-corrected chi connectivity index (χ1v) is 6.43. The molecule has 0 aliphatic heterocycles. The normalized spacial score (nSPS) is 11.8. The first-order valence-electron chi connectivity index (χ1n) is 6.05. The average molecular weight is 292 g/mol. The lowest BCUT2D eigenvalue weighted by Crippen LogP contribution is -2.23. The predicted molar refractivity (Wildman–Crippen MR) is 76.7 cm³/mol. The highest BCUT2D eigenvalue weighted by Gasteiger charge is 2.17. The number of ketones is 1. The molecular weight excluding hydrogens is 278 g/mol. The minimum Gasteiger partial charge on any atom is -0.497 e.